The van der Waals surface area contributed by atoms with Gasteiger partial charge in [-0.15, -0.1) is 0 Å². The van der Waals surface area contributed by atoms with Crippen molar-refractivity contribution in [2.45, 2.75) is 0 Å². The fraction of sp³-hybridized carbons (Fsp3) is 0. The Morgan fingerprint density at radius 3 is 2.69 bits per heavy atom. The molecule has 82 valence electrons. The van der Waals surface area contributed by atoms with Gasteiger partial charge < -0.3 is 0 Å². The smallest absolute Gasteiger partial charge is 0.267 e. The quantitative estimate of drug-likeness (QED) is 0.834. The summed E-state index contributed by atoms with van der Waals surface area (Å²) in [6.45, 7) is 0. The van der Waals surface area contributed by atoms with E-state index in [0.29, 0.717) is 0 Å². The van der Waals surface area contributed by atoms with Crippen molar-refractivity contribution in [3.05, 3.63) is 51.4 Å². The minimum absolute atomic E-state index is 0.00161. The van der Waals surface area contributed by atoms with Crippen LogP contribution in [0.1, 0.15) is 0 Å². The van der Waals surface area contributed by atoms with Gasteiger partial charge in [-0.3, -0.25) is 4.79 Å². The highest BCUT2D eigenvalue weighted by atomic mass is 35.5. The highest BCUT2D eigenvalue weighted by Gasteiger charge is 2.11. The van der Waals surface area contributed by atoms with Crippen LogP contribution >= 0.6 is 11.6 Å². The lowest BCUT2D eigenvalue weighted by Crippen LogP contribution is -2.11. The Hall–Kier alpha value is -1.75. The Morgan fingerprint density at radius 2 is 1.94 bits per heavy atom. The number of aromatic amines is 1. The molecule has 1 heterocycles. The lowest BCUT2D eigenvalue weighted by molar-refractivity contribution is 0.603. The van der Waals surface area contributed by atoms with Gasteiger partial charge in [0.2, 0.25) is 0 Å². The molecule has 2 aromatic rings. The molecule has 6 heteroatoms. The summed E-state index contributed by atoms with van der Waals surface area (Å²) in [6, 6.07) is 4.02. The monoisotopic (exact) mass is 242 g/mol. The topological polar surface area (TPSA) is 45.8 Å². The lowest BCUT2D eigenvalue weighted by Gasteiger charge is -2.02. The van der Waals surface area contributed by atoms with Gasteiger partial charge in [0.15, 0.2) is 0 Å². The van der Waals surface area contributed by atoms with Gasteiger partial charge in [-0.25, -0.2) is 13.9 Å². The molecule has 0 amide bonds. The van der Waals surface area contributed by atoms with Crippen LogP contribution in [0.25, 0.3) is 11.1 Å². The van der Waals surface area contributed by atoms with E-state index in [1.165, 1.54) is 6.07 Å². The molecule has 1 aromatic carbocycles. The maximum atomic E-state index is 13.4. The van der Waals surface area contributed by atoms with Gasteiger partial charge >= 0.3 is 0 Å². The van der Waals surface area contributed by atoms with E-state index in [1.54, 1.807) is 0 Å². The molecule has 0 fully saturated rings. The van der Waals surface area contributed by atoms with Crippen molar-refractivity contribution in [2.75, 3.05) is 0 Å². The number of nitrogens with one attached hydrogen (secondary N) is 1. The fourth-order valence-corrected chi connectivity index (χ4v) is 1.44. The molecule has 0 saturated heterocycles. The third-order valence-electron chi connectivity index (χ3n) is 1.99. The zero-order valence-corrected chi connectivity index (χ0v) is 8.55. The maximum Gasteiger partial charge on any atom is 0.272 e. The Balaban J connectivity index is 2.71. The molecule has 0 aliphatic carbocycles. The van der Waals surface area contributed by atoms with Crippen LogP contribution in [0.5, 0.6) is 0 Å². The first-order valence-corrected chi connectivity index (χ1v) is 4.66. The molecule has 0 bridgehead atoms. The van der Waals surface area contributed by atoms with E-state index in [-0.39, 0.29) is 16.3 Å². The number of rotatable bonds is 1. The molecule has 0 saturated carbocycles. The highest BCUT2D eigenvalue weighted by molar-refractivity contribution is 6.29. The summed E-state index contributed by atoms with van der Waals surface area (Å²) in [5, 5.41) is 5.51. The van der Waals surface area contributed by atoms with Gasteiger partial charge in [0.1, 0.15) is 16.8 Å². The van der Waals surface area contributed by atoms with Gasteiger partial charge in [-0.2, -0.15) is 5.10 Å². The summed E-state index contributed by atoms with van der Waals surface area (Å²) in [7, 11) is 0. The van der Waals surface area contributed by atoms with Crippen LogP contribution in [0.2, 0.25) is 5.15 Å². The van der Waals surface area contributed by atoms with E-state index in [1.807, 2.05) is 0 Å². The summed E-state index contributed by atoms with van der Waals surface area (Å²) in [6.07, 6.45) is 0. The van der Waals surface area contributed by atoms with Gasteiger partial charge in [-0.1, -0.05) is 11.6 Å². The third-order valence-corrected chi connectivity index (χ3v) is 2.18. The predicted molar refractivity (Wildman–Crippen MR) is 55.2 cm³/mol. The highest BCUT2D eigenvalue weighted by Crippen LogP contribution is 2.21. The van der Waals surface area contributed by atoms with Crippen LogP contribution in [-0.2, 0) is 0 Å². The van der Waals surface area contributed by atoms with E-state index >= 15 is 0 Å². The first-order chi connectivity index (χ1) is 7.58. The second-order valence-corrected chi connectivity index (χ2v) is 3.44. The van der Waals surface area contributed by atoms with Gasteiger partial charge in [0, 0.05) is 5.56 Å². The van der Waals surface area contributed by atoms with Crippen LogP contribution in [-0.4, -0.2) is 10.2 Å². The van der Waals surface area contributed by atoms with Gasteiger partial charge in [-0.05, 0) is 24.3 Å². The zero-order valence-electron chi connectivity index (χ0n) is 7.80. The lowest BCUT2D eigenvalue weighted by atomic mass is 10.1. The minimum Gasteiger partial charge on any atom is -0.267 e. The fourth-order valence-electron chi connectivity index (χ4n) is 1.29. The molecule has 0 spiro atoms. The summed E-state index contributed by atoms with van der Waals surface area (Å²) >= 11 is 5.56. The molecule has 0 radical (unpaired) electrons. The number of halogens is 3. The molecule has 0 aliphatic heterocycles. The van der Waals surface area contributed by atoms with Crippen LogP contribution in [0.4, 0.5) is 8.78 Å². The molecule has 3 nitrogen and oxygen atoms in total. The second kappa shape index (κ2) is 4.02. The van der Waals surface area contributed by atoms with Gasteiger partial charge in [0.25, 0.3) is 5.56 Å². The summed E-state index contributed by atoms with van der Waals surface area (Å²) in [4.78, 5) is 11.4. The average Bonchev–Trinajstić information content (AvgIpc) is 2.25. The molecule has 0 atom stereocenters. The summed E-state index contributed by atoms with van der Waals surface area (Å²) < 4.78 is 26.3. The zero-order chi connectivity index (χ0) is 11.7. The summed E-state index contributed by atoms with van der Waals surface area (Å²) in [5.41, 5.74) is -0.837. The first-order valence-electron chi connectivity index (χ1n) is 4.28. The molecule has 1 N–H and O–H groups in total. The number of hydrogen-bond acceptors (Lipinski definition) is 2. The number of hydrogen-bond donors (Lipinski definition) is 1. The summed E-state index contributed by atoms with van der Waals surface area (Å²) in [5.74, 6) is -1.34. The molecular formula is C10H5ClF2N2O. The standard InChI is InChI=1S/C10H5ClF2N2O/c11-9-4-7(10(16)15-14-9)6-3-5(12)1-2-8(6)13/h1-4H,(H,15,16). The van der Waals surface area contributed by atoms with Crippen molar-refractivity contribution < 1.29 is 8.78 Å². The minimum atomic E-state index is -0.700. The van der Waals surface area contributed by atoms with E-state index in [4.69, 9.17) is 11.6 Å². The maximum absolute atomic E-state index is 13.4. The Bertz CT molecular complexity index is 598. The Labute approximate surface area is 93.7 Å². The van der Waals surface area contributed by atoms with Crippen molar-refractivity contribution in [3.8, 4) is 11.1 Å². The van der Waals surface area contributed by atoms with Crippen molar-refractivity contribution in [1.29, 1.82) is 0 Å². The van der Waals surface area contributed by atoms with Gasteiger partial charge in [0.05, 0.1) is 5.56 Å². The van der Waals surface area contributed by atoms with Crippen LogP contribution in [0.15, 0.2) is 29.1 Å². The molecule has 0 aliphatic rings. The number of aromatic nitrogens is 2. The Kier molecular flexibility index (Phi) is 2.70. The molecular weight excluding hydrogens is 238 g/mol. The average molecular weight is 243 g/mol. The van der Waals surface area contributed by atoms with Crippen LogP contribution in [0.3, 0.4) is 0 Å². The van der Waals surface area contributed by atoms with Crippen molar-refractivity contribution in [3.63, 3.8) is 0 Å². The molecule has 16 heavy (non-hydrogen) atoms. The normalized spacial score (nSPS) is 10.4. The molecule has 1 aromatic heterocycles. The number of H-pyrrole nitrogens is 1. The van der Waals surface area contributed by atoms with E-state index in [2.05, 4.69) is 10.2 Å². The molecule has 2 rings (SSSR count). The first kappa shape index (κ1) is 10.8. The van der Waals surface area contributed by atoms with Crippen LogP contribution in [0, 0.1) is 11.6 Å². The number of benzene rings is 1. The SMILES string of the molecule is O=c1[nH]nc(Cl)cc1-c1cc(F)ccc1F. The predicted octanol–water partition coefficient (Wildman–Crippen LogP) is 2.37. The van der Waals surface area contributed by atoms with E-state index in [0.717, 1.165) is 18.2 Å². The second-order valence-electron chi connectivity index (χ2n) is 3.06. The van der Waals surface area contributed by atoms with Crippen molar-refractivity contribution in [1.82, 2.24) is 10.2 Å². The van der Waals surface area contributed by atoms with Crippen LogP contribution < -0.4 is 5.56 Å². The van der Waals surface area contributed by atoms with Crippen molar-refractivity contribution >= 4 is 11.6 Å². The molecule has 0 unspecified atom stereocenters. The van der Waals surface area contributed by atoms with E-state index < -0.39 is 17.2 Å². The largest absolute Gasteiger partial charge is 0.272 e. The van der Waals surface area contributed by atoms with Crippen molar-refractivity contribution in [2.24, 2.45) is 0 Å². The third kappa shape index (κ3) is 1.94. The Morgan fingerprint density at radius 1 is 1.19 bits per heavy atom. The van der Waals surface area contributed by atoms with E-state index in [9.17, 15) is 13.6 Å². The number of nitrogens with zero attached hydrogens (tertiary/aromatic N) is 1.